The number of hydrogen-bond acceptors (Lipinski definition) is 5. The summed E-state index contributed by atoms with van der Waals surface area (Å²) in [7, 11) is 0. The van der Waals surface area contributed by atoms with Crippen LogP contribution in [0.2, 0.25) is 0 Å². The Kier molecular flexibility index (Phi) is 2.80. The van der Waals surface area contributed by atoms with Crippen molar-refractivity contribution in [2.24, 2.45) is 0 Å². The summed E-state index contributed by atoms with van der Waals surface area (Å²) >= 11 is 0. The van der Waals surface area contributed by atoms with Crippen molar-refractivity contribution in [2.45, 2.75) is 13.0 Å². The van der Waals surface area contributed by atoms with Crippen LogP contribution in [-0.2, 0) is 0 Å². The third-order valence-corrected chi connectivity index (χ3v) is 2.91. The molecule has 3 heterocycles. The van der Waals surface area contributed by atoms with Crippen molar-refractivity contribution >= 4 is 5.82 Å². The van der Waals surface area contributed by atoms with Gasteiger partial charge in [-0.1, -0.05) is 0 Å². The van der Waals surface area contributed by atoms with Crippen molar-refractivity contribution in [3.8, 4) is 5.75 Å². The summed E-state index contributed by atoms with van der Waals surface area (Å²) in [5, 5.41) is 0. The van der Waals surface area contributed by atoms with Crippen LogP contribution in [0.15, 0.2) is 36.9 Å². The lowest BCUT2D eigenvalue weighted by atomic mass is 10.1. The highest BCUT2D eigenvalue weighted by atomic mass is 16.5. The topological polar surface area (TPSA) is 51.1 Å². The molecule has 2 aromatic rings. The molecule has 1 fully saturated rings. The molecular formula is C13H14N4O. The van der Waals surface area contributed by atoms with Crippen molar-refractivity contribution in [3.63, 3.8) is 0 Å². The predicted octanol–water partition coefficient (Wildman–Crippen LogP) is 1.45. The van der Waals surface area contributed by atoms with E-state index in [0.29, 0.717) is 0 Å². The standard InChI is InChI=1S/C13H14N4O/c1-10-6-13(16-9-15-10)17-7-12(8-17)18-11-2-4-14-5-3-11/h2-6,9,12H,7-8H2,1H3. The number of pyridine rings is 1. The maximum atomic E-state index is 5.81. The molecule has 1 saturated heterocycles. The van der Waals surface area contributed by atoms with Crippen molar-refractivity contribution < 1.29 is 4.74 Å². The van der Waals surface area contributed by atoms with Crippen LogP contribution >= 0.6 is 0 Å². The molecule has 0 atom stereocenters. The van der Waals surface area contributed by atoms with Crippen molar-refractivity contribution in [1.82, 2.24) is 15.0 Å². The van der Waals surface area contributed by atoms with Gasteiger partial charge in [0.25, 0.3) is 0 Å². The fourth-order valence-corrected chi connectivity index (χ4v) is 1.92. The zero-order chi connectivity index (χ0) is 12.4. The fraction of sp³-hybridized carbons (Fsp3) is 0.308. The third-order valence-electron chi connectivity index (χ3n) is 2.91. The van der Waals surface area contributed by atoms with E-state index in [-0.39, 0.29) is 6.10 Å². The van der Waals surface area contributed by atoms with E-state index in [1.807, 2.05) is 25.1 Å². The lowest BCUT2D eigenvalue weighted by Crippen LogP contribution is -2.54. The Morgan fingerprint density at radius 1 is 1.22 bits per heavy atom. The largest absolute Gasteiger partial charge is 0.487 e. The molecule has 1 aliphatic rings. The molecule has 0 spiro atoms. The second kappa shape index (κ2) is 4.60. The molecule has 2 aromatic heterocycles. The fourth-order valence-electron chi connectivity index (χ4n) is 1.92. The molecule has 3 rings (SSSR count). The second-order valence-corrected chi connectivity index (χ2v) is 4.35. The Bertz CT molecular complexity index is 526. The first kappa shape index (κ1) is 11.0. The summed E-state index contributed by atoms with van der Waals surface area (Å²) in [6.07, 6.45) is 5.29. The molecule has 0 N–H and O–H groups in total. The first-order chi connectivity index (χ1) is 8.81. The molecule has 0 aliphatic carbocycles. The van der Waals surface area contributed by atoms with Gasteiger partial charge in [-0.2, -0.15) is 0 Å². The number of ether oxygens (including phenoxy) is 1. The monoisotopic (exact) mass is 242 g/mol. The molecule has 0 unspecified atom stereocenters. The number of aromatic nitrogens is 3. The van der Waals surface area contributed by atoms with E-state index in [1.54, 1.807) is 18.7 Å². The van der Waals surface area contributed by atoms with Crippen LogP contribution in [0.25, 0.3) is 0 Å². The lowest BCUT2D eigenvalue weighted by Gasteiger charge is -2.39. The Labute approximate surface area is 105 Å². The summed E-state index contributed by atoms with van der Waals surface area (Å²) in [5.74, 6) is 1.84. The minimum Gasteiger partial charge on any atom is -0.487 e. The third kappa shape index (κ3) is 2.25. The van der Waals surface area contributed by atoms with E-state index >= 15 is 0 Å². The van der Waals surface area contributed by atoms with Crippen LogP contribution in [0.5, 0.6) is 5.75 Å². The highest BCUT2D eigenvalue weighted by Crippen LogP contribution is 2.22. The normalized spacial score (nSPS) is 15.3. The van der Waals surface area contributed by atoms with E-state index in [1.165, 1.54) is 0 Å². The SMILES string of the molecule is Cc1cc(N2CC(Oc3ccncc3)C2)ncn1. The number of nitrogens with zero attached hydrogens (tertiary/aromatic N) is 4. The van der Waals surface area contributed by atoms with Gasteiger partial charge in [0.05, 0.1) is 13.1 Å². The summed E-state index contributed by atoms with van der Waals surface area (Å²) < 4.78 is 5.81. The molecule has 92 valence electrons. The van der Waals surface area contributed by atoms with Crippen molar-refractivity contribution in [2.75, 3.05) is 18.0 Å². The smallest absolute Gasteiger partial charge is 0.134 e. The molecule has 0 amide bonds. The number of rotatable bonds is 3. The van der Waals surface area contributed by atoms with Gasteiger partial charge >= 0.3 is 0 Å². The molecule has 5 nitrogen and oxygen atoms in total. The summed E-state index contributed by atoms with van der Waals surface area (Å²) in [6.45, 7) is 3.69. The maximum absolute atomic E-state index is 5.81. The lowest BCUT2D eigenvalue weighted by molar-refractivity contribution is 0.166. The van der Waals surface area contributed by atoms with Gasteiger partial charge in [0.2, 0.25) is 0 Å². The summed E-state index contributed by atoms with van der Waals surface area (Å²) in [4.78, 5) is 14.5. The van der Waals surface area contributed by atoms with Gasteiger partial charge in [-0.05, 0) is 19.1 Å². The highest BCUT2D eigenvalue weighted by molar-refractivity contribution is 5.42. The van der Waals surface area contributed by atoms with Crippen LogP contribution < -0.4 is 9.64 Å². The van der Waals surface area contributed by atoms with Gasteiger partial charge in [0.1, 0.15) is 24.0 Å². The van der Waals surface area contributed by atoms with Crippen LogP contribution in [-0.4, -0.2) is 34.1 Å². The Morgan fingerprint density at radius 3 is 2.72 bits per heavy atom. The van der Waals surface area contributed by atoms with Crippen LogP contribution in [0.1, 0.15) is 5.69 Å². The molecule has 0 saturated carbocycles. The average molecular weight is 242 g/mol. The van der Waals surface area contributed by atoms with Gasteiger partial charge in [-0.15, -0.1) is 0 Å². The van der Waals surface area contributed by atoms with Gasteiger partial charge < -0.3 is 9.64 Å². The van der Waals surface area contributed by atoms with E-state index in [4.69, 9.17) is 4.74 Å². The first-order valence-electron chi connectivity index (χ1n) is 5.91. The minimum atomic E-state index is 0.225. The molecular weight excluding hydrogens is 228 g/mol. The average Bonchev–Trinajstić information content (AvgIpc) is 2.34. The zero-order valence-electron chi connectivity index (χ0n) is 10.2. The van der Waals surface area contributed by atoms with E-state index < -0.39 is 0 Å². The summed E-state index contributed by atoms with van der Waals surface area (Å²) in [6, 6.07) is 5.73. The predicted molar refractivity (Wildman–Crippen MR) is 67.6 cm³/mol. The maximum Gasteiger partial charge on any atom is 0.134 e. The minimum absolute atomic E-state index is 0.225. The Balaban J connectivity index is 1.57. The Hall–Kier alpha value is -2.17. The van der Waals surface area contributed by atoms with Crippen LogP contribution in [0.3, 0.4) is 0 Å². The van der Waals surface area contributed by atoms with E-state index in [0.717, 1.165) is 30.4 Å². The second-order valence-electron chi connectivity index (χ2n) is 4.35. The van der Waals surface area contributed by atoms with E-state index in [9.17, 15) is 0 Å². The van der Waals surface area contributed by atoms with Gasteiger partial charge in [-0.25, -0.2) is 9.97 Å². The van der Waals surface area contributed by atoms with E-state index in [2.05, 4.69) is 19.9 Å². The first-order valence-corrected chi connectivity index (χ1v) is 5.91. The summed E-state index contributed by atoms with van der Waals surface area (Å²) in [5.41, 5.74) is 0.985. The van der Waals surface area contributed by atoms with Crippen LogP contribution in [0, 0.1) is 6.92 Å². The Morgan fingerprint density at radius 2 is 2.00 bits per heavy atom. The zero-order valence-corrected chi connectivity index (χ0v) is 10.2. The number of aryl methyl sites for hydroxylation is 1. The van der Waals surface area contributed by atoms with Gasteiger partial charge in [0.15, 0.2) is 0 Å². The molecule has 0 radical (unpaired) electrons. The number of hydrogen-bond donors (Lipinski definition) is 0. The quantitative estimate of drug-likeness (QED) is 0.815. The number of anilines is 1. The van der Waals surface area contributed by atoms with Crippen molar-refractivity contribution in [1.29, 1.82) is 0 Å². The molecule has 0 aromatic carbocycles. The molecule has 0 bridgehead atoms. The van der Waals surface area contributed by atoms with Gasteiger partial charge in [-0.3, -0.25) is 4.98 Å². The highest BCUT2D eigenvalue weighted by Gasteiger charge is 2.29. The van der Waals surface area contributed by atoms with Crippen molar-refractivity contribution in [3.05, 3.63) is 42.6 Å². The van der Waals surface area contributed by atoms with Gasteiger partial charge in [0, 0.05) is 24.2 Å². The molecule has 5 heteroatoms. The molecule has 18 heavy (non-hydrogen) atoms. The molecule has 1 aliphatic heterocycles. The van der Waals surface area contributed by atoms with Crippen LogP contribution in [0.4, 0.5) is 5.82 Å².